The Balaban J connectivity index is 2.10. The Morgan fingerprint density at radius 1 is 1.28 bits per heavy atom. The Morgan fingerprint density at radius 3 is 2.67 bits per heavy atom. The lowest BCUT2D eigenvalue weighted by molar-refractivity contribution is 0.458. The summed E-state index contributed by atoms with van der Waals surface area (Å²) in [4.78, 5) is 0. The van der Waals surface area contributed by atoms with Crippen LogP contribution in [0.5, 0.6) is 0 Å². The predicted molar refractivity (Wildman–Crippen MR) is 75.1 cm³/mol. The maximum absolute atomic E-state index is 10.8. The second-order valence-electron chi connectivity index (χ2n) is 4.00. The standard InChI is InChI=1S/C11H20N2O3S2/c1-17-9-11-5-4-10(16-11)8-12-6-3-7-13-18(2,14)15/h4-5,12-13H,3,6-9H2,1-2H3. The minimum absolute atomic E-state index is 0.460. The topological polar surface area (TPSA) is 71.3 Å². The fourth-order valence-corrected chi connectivity index (χ4v) is 2.37. The van der Waals surface area contributed by atoms with Crippen molar-refractivity contribution < 1.29 is 12.8 Å². The van der Waals surface area contributed by atoms with Gasteiger partial charge in [-0.15, -0.1) is 0 Å². The Kier molecular flexibility index (Phi) is 6.77. The maximum Gasteiger partial charge on any atom is 0.208 e. The molecule has 1 rings (SSSR count). The molecule has 1 aromatic heterocycles. The first kappa shape index (κ1) is 15.6. The quantitative estimate of drug-likeness (QED) is 0.669. The molecular formula is C11H20N2O3S2. The molecule has 0 aliphatic heterocycles. The molecule has 5 nitrogen and oxygen atoms in total. The van der Waals surface area contributed by atoms with E-state index in [1.54, 1.807) is 11.8 Å². The van der Waals surface area contributed by atoms with Crippen molar-refractivity contribution in [2.24, 2.45) is 0 Å². The summed E-state index contributed by atoms with van der Waals surface area (Å²) >= 11 is 1.73. The fraction of sp³-hybridized carbons (Fsp3) is 0.636. The lowest BCUT2D eigenvalue weighted by Gasteiger charge is -2.03. The zero-order chi connectivity index (χ0) is 13.4. The highest BCUT2D eigenvalue weighted by Crippen LogP contribution is 2.12. The predicted octanol–water partition coefficient (Wildman–Crippen LogP) is 1.17. The van der Waals surface area contributed by atoms with Gasteiger partial charge in [0.15, 0.2) is 0 Å². The van der Waals surface area contributed by atoms with E-state index in [-0.39, 0.29) is 0 Å². The molecule has 0 aliphatic carbocycles. The van der Waals surface area contributed by atoms with E-state index in [0.29, 0.717) is 13.1 Å². The summed E-state index contributed by atoms with van der Waals surface area (Å²) in [5, 5.41) is 3.21. The van der Waals surface area contributed by atoms with Crippen LogP contribution >= 0.6 is 11.8 Å². The van der Waals surface area contributed by atoms with Gasteiger partial charge in [-0.25, -0.2) is 13.1 Å². The minimum Gasteiger partial charge on any atom is -0.464 e. The van der Waals surface area contributed by atoms with Crippen molar-refractivity contribution in [3.8, 4) is 0 Å². The maximum atomic E-state index is 10.8. The molecule has 7 heteroatoms. The Hall–Kier alpha value is -0.500. The van der Waals surface area contributed by atoms with Gasteiger partial charge in [0.2, 0.25) is 10.0 Å². The highest BCUT2D eigenvalue weighted by Gasteiger charge is 2.01. The fourth-order valence-electron chi connectivity index (χ4n) is 1.42. The first-order chi connectivity index (χ1) is 8.51. The second kappa shape index (κ2) is 7.83. The first-order valence-corrected chi connectivity index (χ1v) is 9.01. The zero-order valence-corrected chi connectivity index (χ0v) is 12.4. The Morgan fingerprint density at radius 2 is 2.00 bits per heavy atom. The molecule has 1 heterocycles. The zero-order valence-electron chi connectivity index (χ0n) is 10.7. The van der Waals surface area contributed by atoms with Crippen molar-refractivity contribution in [1.29, 1.82) is 0 Å². The summed E-state index contributed by atoms with van der Waals surface area (Å²) in [6.07, 6.45) is 3.96. The average molecular weight is 292 g/mol. The third-order valence-electron chi connectivity index (χ3n) is 2.20. The van der Waals surface area contributed by atoms with Gasteiger partial charge >= 0.3 is 0 Å². The summed E-state index contributed by atoms with van der Waals surface area (Å²) in [5.74, 6) is 2.78. The lowest BCUT2D eigenvalue weighted by Crippen LogP contribution is -2.26. The summed E-state index contributed by atoms with van der Waals surface area (Å²) in [6, 6.07) is 3.95. The SMILES string of the molecule is CSCc1ccc(CNCCCNS(C)(=O)=O)o1. The number of hydrogen-bond donors (Lipinski definition) is 2. The first-order valence-electron chi connectivity index (χ1n) is 5.73. The Bertz CT molecular complexity index is 443. The van der Waals surface area contributed by atoms with Gasteiger partial charge in [0, 0.05) is 6.54 Å². The molecule has 0 spiro atoms. The van der Waals surface area contributed by atoms with E-state index in [1.807, 2.05) is 18.4 Å². The van der Waals surface area contributed by atoms with Gasteiger partial charge in [-0.3, -0.25) is 0 Å². The van der Waals surface area contributed by atoms with E-state index in [2.05, 4.69) is 10.0 Å². The molecule has 0 saturated heterocycles. The van der Waals surface area contributed by atoms with Crippen molar-refractivity contribution in [3.05, 3.63) is 23.7 Å². The monoisotopic (exact) mass is 292 g/mol. The molecule has 0 saturated carbocycles. The van der Waals surface area contributed by atoms with Crippen LogP contribution in [0.4, 0.5) is 0 Å². The highest BCUT2D eigenvalue weighted by atomic mass is 32.2. The minimum atomic E-state index is -3.07. The van der Waals surface area contributed by atoms with Crippen LogP contribution in [-0.2, 0) is 22.3 Å². The lowest BCUT2D eigenvalue weighted by atomic mass is 10.4. The summed E-state index contributed by atoms with van der Waals surface area (Å²) in [6.45, 7) is 1.88. The van der Waals surface area contributed by atoms with Crippen LogP contribution in [-0.4, -0.2) is 34.0 Å². The summed E-state index contributed by atoms with van der Waals surface area (Å²) in [7, 11) is -3.07. The van der Waals surface area contributed by atoms with Crippen molar-refractivity contribution in [2.45, 2.75) is 18.7 Å². The van der Waals surface area contributed by atoms with E-state index >= 15 is 0 Å². The molecule has 0 unspecified atom stereocenters. The van der Waals surface area contributed by atoms with Crippen molar-refractivity contribution in [3.63, 3.8) is 0 Å². The van der Waals surface area contributed by atoms with E-state index < -0.39 is 10.0 Å². The van der Waals surface area contributed by atoms with Crippen LogP contribution in [0.15, 0.2) is 16.5 Å². The molecular weight excluding hydrogens is 272 g/mol. The van der Waals surface area contributed by atoms with Crippen molar-refractivity contribution >= 4 is 21.8 Å². The van der Waals surface area contributed by atoms with E-state index in [4.69, 9.17) is 4.42 Å². The highest BCUT2D eigenvalue weighted by molar-refractivity contribution is 7.97. The molecule has 104 valence electrons. The molecule has 0 fully saturated rings. The number of rotatable bonds is 9. The largest absolute Gasteiger partial charge is 0.464 e. The smallest absolute Gasteiger partial charge is 0.208 e. The van der Waals surface area contributed by atoms with E-state index in [1.165, 1.54) is 0 Å². The van der Waals surface area contributed by atoms with Gasteiger partial charge in [-0.05, 0) is 31.4 Å². The van der Waals surface area contributed by atoms with Crippen LogP contribution in [0.1, 0.15) is 17.9 Å². The number of furan rings is 1. The van der Waals surface area contributed by atoms with E-state index in [9.17, 15) is 8.42 Å². The molecule has 0 aliphatic rings. The molecule has 18 heavy (non-hydrogen) atoms. The van der Waals surface area contributed by atoms with Gasteiger partial charge in [-0.2, -0.15) is 11.8 Å². The van der Waals surface area contributed by atoms with Gasteiger partial charge in [0.1, 0.15) is 11.5 Å². The van der Waals surface area contributed by atoms with Gasteiger partial charge in [0.05, 0.1) is 18.6 Å². The second-order valence-corrected chi connectivity index (χ2v) is 6.70. The van der Waals surface area contributed by atoms with Crippen LogP contribution in [0.25, 0.3) is 0 Å². The normalized spacial score (nSPS) is 11.9. The van der Waals surface area contributed by atoms with Crippen LogP contribution in [0, 0.1) is 0 Å². The molecule has 1 aromatic rings. The van der Waals surface area contributed by atoms with Gasteiger partial charge < -0.3 is 9.73 Å². The summed E-state index contributed by atoms with van der Waals surface area (Å²) in [5.41, 5.74) is 0. The van der Waals surface area contributed by atoms with E-state index in [0.717, 1.165) is 36.5 Å². The van der Waals surface area contributed by atoms with Crippen molar-refractivity contribution in [2.75, 3.05) is 25.6 Å². The number of nitrogens with one attached hydrogen (secondary N) is 2. The number of hydrogen-bond acceptors (Lipinski definition) is 5. The molecule has 0 bridgehead atoms. The number of thioether (sulfide) groups is 1. The summed E-state index contributed by atoms with van der Waals surface area (Å²) < 4.78 is 29.6. The van der Waals surface area contributed by atoms with Gasteiger partial charge in [0.25, 0.3) is 0 Å². The third-order valence-corrected chi connectivity index (χ3v) is 3.50. The van der Waals surface area contributed by atoms with Crippen LogP contribution < -0.4 is 10.0 Å². The third kappa shape index (κ3) is 7.05. The molecule has 0 aromatic carbocycles. The van der Waals surface area contributed by atoms with Gasteiger partial charge in [-0.1, -0.05) is 0 Å². The molecule has 2 N–H and O–H groups in total. The van der Waals surface area contributed by atoms with Crippen molar-refractivity contribution in [1.82, 2.24) is 10.0 Å². The number of sulfonamides is 1. The Labute approximate surface area is 113 Å². The molecule has 0 radical (unpaired) electrons. The average Bonchev–Trinajstić information content (AvgIpc) is 2.70. The molecule has 0 atom stereocenters. The van der Waals surface area contributed by atoms with Crippen LogP contribution in [0.2, 0.25) is 0 Å². The van der Waals surface area contributed by atoms with Crippen LogP contribution in [0.3, 0.4) is 0 Å². The molecule has 0 amide bonds.